The number of aromatic nitrogens is 2. The van der Waals surface area contributed by atoms with Gasteiger partial charge >= 0.3 is 0 Å². The van der Waals surface area contributed by atoms with Gasteiger partial charge in [0, 0.05) is 12.1 Å². The molecule has 1 heterocycles. The third-order valence-corrected chi connectivity index (χ3v) is 4.89. The second-order valence-electron chi connectivity index (χ2n) is 7.28. The molecule has 0 bridgehead atoms. The summed E-state index contributed by atoms with van der Waals surface area (Å²) in [6.07, 6.45) is 0. The van der Waals surface area contributed by atoms with E-state index in [-0.39, 0.29) is 5.91 Å². The lowest BCUT2D eigenvalue weighted by atomic mass is 10.1. The van der Waals surface area contributed by atoms with E-state index in [0.717, 1.165) is 17.7 Å². The van der Waals surface area contributed by atoms with Gasteiger partial charge in [0.1, 0.15) is 11.7 Å². The number of aryl methyl sites for hydroxylation is 1. The molecule has 0 aliphatic carbocycles. The van der Waals surface area contributed by atoms with E-state index >= 15 is 0 Å². The second-order valence-corrected chi connectivity index (χ2v) is 7.64. The Morgan fingerprint density at radius 1 is 1.04 bits per heavy atom. The first-order valence-electron chi connectivity index (χ1n) is 9.36. The summed E-state index contributed by atoms with van der Waals surface area (Å²) in [7, 11) is 4.25. The number of halogens is 1. The van der Waals surface area contributed by atoms with Crippen LogP contribution < -0.4 is 10.2 Å². The molecule has 3 rings (SSSR count). The average Bonchev–Trinajstić information content (AvgIpc) is 2.94. The number of hydrogen-bond donors (Lipinski definition) is 2. The van der Waals surface area contributed by atoms with Crippen LogP contribution in [0.25, 0.3) is 0 Å². The third kappa shape index (κ3) is 5.00. The molecule has 6 heteroatoms. The largest absolute Gasteiger partial charge is 0.348 e. The van der Waals surface area contributed by atoms with Crippen LogP contribution in [0.3, 0.4) is 0 Å². The van der Waals surface area contributed by atoms with E-state index < -0.39 is 0 Å². The Hall–Kier alpha value is -2.63. The van der Waals surface area contributed by atoms with Gasteiger partial charge in [-0.25, -0.2) is 4.68 Å². The Balaban J connectivity index is 1.66. The highest BCUT2D eigenvalue weighted by Gasteiger charge is 2.20. The molecule has 2 aromatic carbocycles. The summed E-state index contributed by atoms with van der Waals surface area (Å²) in [5.74, 6) is -0.205. The van der Waals surface area contributed by atoms with Crippen molar-refractivity contribution in [1.29, 1.82) is 0 Å². The monoisotopic (exact) mass is 397 g/mol. The molecule has 0 radical (unpaired) electrons. The number of nitrogens with zero attached hydrogens (tertiary/aromatic N) is 2. The molecule has 146 valence electrons. The predicted molar refractivity (Wildman–Crippen MR) is 112 cm³/mol. The van der Waals surface area contributed by atoms with Crippen molar-refractivity contribution in [2.75, 3.05) is 14.1 Å². The van der Waals surface area contributed by atoms with Gasteiger partial charge in [-0.2, -0.15) is 5.10 Å². The van der Waals surface area contributed by atoms with Crippen LogP contribution in [-0.2, 0) is 19.6 Å². The van der Waals surface area contributed by atoms with Crippen molar-refractivity contribution in [2.45, 2.75) is 26.6 Å². The van der Waals surface area contributed by atoms with E-state index in [2.05, 4.69) is 36.6 Å². The summed E-state index contributed by atoms with van der Waals surface area (Å²) in [5, 5.41) is 7.76. The predicted octanol–water partition coefficient (Wildman–Crippen LogP) is 2.47. The number of benzene rings is 2. The number of carbonyl (C=O) groups is 1. The van der Waals surface area contributed by atoms with Gasteiger partial charge in [-0.3, -0.25) is 4.79 Å². The molecule has 0 fully saturated rings. The van der Waals surface area contributed by atoms with Crippen LogP contribution in [-0.4, -0.2) is 29.8 Å². The molecule has 0 unspecified atom stereocenters. The highest BCUT2D eigenvalue weighted by atomic mass is 35.5. The first kappa shape index (κ1) is 20.1. The normalized spacial score (nSPS) is 11.0. The van der Waals surface area contributed by atoms with Gasteiger partial charge in [0.05, 0.1) is 31.9 Å². The van der Waals surface area contributed by atoms with Crippen molar-refractivity contribution < 1.29 is 9.69 Å². The lowest BCUT2D eigenvalue weighted by Gasteiger charge is -2.09. The van der Waals surface area contributed by atoms with Gasteiger partial charge < -0.3 is 10.2 Å². The molecule has 0 aliphatic rings. The minimum Gasteiger partial charge on any atom is -0.348 e. The average molecular weight is 398 g/mol. The molecular formula is C22H26ClN4O+. The first-order chi connectivity index (χ1) is 13.4. The Morgan fingerprint density at radius 2 is 1.68 bits per heavy atom. The van der Waals surface area contributed by atoms with Gasteiger partial charge in [0.25, 0.3) is 5.91 Å². The quantitative estimate of drug-likeness (QED) is 0.643. The highest BCUT2D eigenvalue weighted by molar-refractivity contribution is 6.33. The fourth-order valence-electron chi connectivity index (χ4n) is 3.13. The van der Waals surface area contributed by atoms with Crippen LogP contribution >= 0.6 is 11.6 Å². The maximum absolute atomic E-state index is 12.7. The van der Waals surface area contributed by atoms with E-state index in [0.29, 0.717) is 29.5 Å². The summed E-state index contributed by atoms with van der Waals surface area (Å²) >= 11 is 6.46. The zero-order valence-electron chi connectivity index (χ0n) is 16.5. The lowest BCUT2D eigenvalue weighted by Crippen LogP contribution is -3.04. The molecule has 1 aromatic heterocycles. The van der Waals surface area contributed by atoms with Gasteiger partial charge in [0.2, 0.25) is 0 Å². The zero-order valence-corrected chi connectivity index (χ0v) is 17.3. The SMILES string of the molecule is Cc1nn(Cc2ccccc2)c(Cl)c1C(=O)NCc1ccc(C[NH+](C)C)cc1. The molecule has 0 aliphatic heterocycles. The minimum absolute atomic E-state index is 0.205. The number of nitrogens with one attached hydrogen (secondary N) is 2. The molecule has 3 aromatic rings. The fraction of sp³-hybridized carbons (Fsp3) is 0.273. The summed E-state index contributed by atoms with van der Waals surface area (Å²) in [5.41, 5.74) is 4.47. The van der Waals surface area contributed by atoms with Crippen LogP contribution in [0.15, 0.2) is 54.6 Å². The molecular weight excluding hydrogens is 372 g/mol. The number of rotatable bonds is 7. The molecule has 28 heavy (non-hydrogen) atoms. The minimum atomic E-state index is -0.205. The van der Waals surface area contributed by atoms with E-state index in [9.17, 15) is 4.79 Å². The summed E-state index contributed by atoms with van der Waals surface area (Å²) in [6.45, 7) is 3.76. The van der Waals surface area contributed by atoms with Crippen molar-refractivity contribution in [1.82, 2.24) is 15.1 Å². The molecule has 1 amide bonds. The van der Waals surface area contributed by atoms with E-state index in [4.69, 9.17) is 11.6 Å². The van der Waals surface area contributed by atoms with Crippen molar-refractivity contribution in [3.8, 4) is 0 Å². The zero-order chi connectivity index (χ0) is 20.1. The maximum atomic E-state index is 12.7. The van der Waals surface area contributed by atoms with Crippen molar-refractivity contribution in [2.24, 2.45) is 0 Å². The lowest BCUT2D eigenvalue weighted by molar-refractivity contribution is -0.872. The Kier molecular flexibility index (Phi) is 6.49. The Morgan fingerprint density at radius 3 is 2.32 bits per heavy atom. The van der Waals surface area contributed by atoms with Crippen LogP contribution in [0.5, 0.6) is 0 Å². The van der Waals surface area contributed by atoms with Gasteiger partial charge in [-0.05, 0) is 18.1 Å². The first-order valence-corrected chi connectivity index (χ1v) is 9.73. The van der Waals surface area contributed by atoms with Gasteiger partial charge in [-0.15, -0.1) is 0 Å². The van der Waals surface area contributed by atoms with Gasteiger partial charge in [-0.1, -0.05) is 66.2 Å². The standard InChI is InChI=1S/C22H25ClN4O/c1-16-20(21(23)27(25-16)15-18-7-5-4-6-8-18)22(28)24-13-17-9-11-19(12-10-17)14-26(2)3/h4-12H,13-15H2,1-3H3,(H,24,28)/p+1. The van der Waals surface area contributed by atoms with Crippen LogP contribution in [0, 0.1) is 6.92 Å². The maximum Gasteiger partial charge on any atom is 0.256 e. The smallest absolute Gasteiger partial charge is 0.256 e. The van der Waals surface area contributed by atoms with E-state index in [1.165, 1.54) is 10.5 Å². The molecule has 0 saturated carbocycles. The number of quaternary nitrogens is 1. The van der Waals surface area contributed by atoms with E-state index in [1.54, 1.807) is 11.6 Å². The fourth-order valence-corrected chi connectivity index (χ4v) is 3.45. The highest BCUT2D eigenvalue weighted by Crippen LogP contribution is 2.21. The molecule has 0 atom stereocenters. The summed E-state index contributed by atoms with van der Waals surface area (Å²) < 4.78 is 1.67. The van der Waals surface area contributed by atoms with Crippen molar-refractivity contribution in [3.05, 3.63) is 87.7 Å². The number of amides is 1. The molecule has 5 nitrogen and oxygen atoms in total. The van der Waals surface area contributed by atoms with Crippen LogP contribution in [0.4, 0.5) is 0 Å². The second kappa shape index (κ2) is 9.04. The van der Waals surface area contributed by atoms with Crippen LogP contribution in [0.1, 0.15) is 32.7 Å². The topological polar surface area (TPSA) is 51.4 Å². The molecule has 0 saturated heterocycles. The van der Waals surface area contributed by atoms with Crippen molar-refractivity contribution in [3.63, 3.8) is 0 Å². The van der Waals surface area contributed by atoms with Crippen molar-refractivity contribution >= 4 is 17.5 Å². The third-order valence-electron chi connectivity index (χ3n) is 4.50. The number of hydrogen-bond acceptors (Lipinski definition) is 2. The molecule has 2 N–H and O–H groups in total. The molecule has 0 spiro atoms. The summed E-state index contributed by atoms with van der Waals surface area (Å²) in [6, 6.07) is 18.2. The number of carbonyl (C=O) groups excluding carboxylic acids is 1. The van der Waals surface area contributed by atoms with Crippen LogP contribution in [0.2, 0.25) is 5.15 Å². The van der Waals surface area contributed by atoms with E-state index in [1.807, 2.05) is 42.5 Å². The van der Waals surface area contributed by atoms with Gasteiger partial charge in [0.15, 0.2) is 0 Å². The Labute approximate surface area is 170 Å². The Bertz CT molecular complexity index is 933. The summed E-state index contributed by atoms with van der Waals surface area (Å²) in [4.78, 5) is 14.1.